The van der Waals surface area contributed by atoms with Gasteiger partial charge in [-0.1, -0.05) is 0 Å². The van der Waals surface area contributed by atoms with Gasteiger partial charge in [0, 0.05) is 30.4 Å². The van der Waals surface area contributed by atoms with Crippen LogP contribution in [0.25, 0.3) is 0 Å². The van der Waals surface area contributed by atoms with Crippen molar-refractivity contribution in [2.24, 2.45) is 0 Å². The first-order chi connectivity index (χ1) is 6.91. The number of nitrogens with one attached hydrogen (secondary N) is 1. The molecular weight excluding hydrogens is 192 g/mol. The summed E-state index contributed by atoms with van der Waals surface area (Å²) in [6.07, 6.45) is 5.72. The van der Waals surface area contributed by atoms with E-state index >= 15 is 0 Å². The molecule has 0 aromatic carbocycles. The van der Waals surface area contributed by atoms with Crippen molar-refractivity contribution in [1.82, 2.24) is 10.2 Å². The van der Waals surface area contributed by atoms with Crippen LogP contribution in [0.4, 0.5) is 0 Å². The molecule has 14 heavy (non-hydrogen) atoms. The van der Waals surface area contributed by atoms with E-state index in [4.69, 9.17) is 0 Å². The zero-order valence-corrected chi connectivity index (χ0v) is 9.61. The van der Waals surface area contributed by atoms with Gasteiger partial charge in [-0.25, -0.2) is 0 Å². The summed E-state index contributed by atoms with van der Waals surface area (Å²) in [5, 5.41) is 3.66. The molecule has 0 aromatic rings. The molecule has 3 fully saturated rings. The van der Waals surface area contributed by atoms with Crippen LogP contribution >= 0.6 is 11.8 Å². The maximum atomic E-state index is 3.66. The normalized spacial score (nSPS) is 44.1. The molecule has 3 aliphatic heterocycles. The fourth-order valence-electron chi connectivity index (χ4n) is 3.45. The fraction of sp³-hybridized carbons (Fsp3) is 1.00. The van der Waals surface area contributed by atoms with Crippen molar-refractivity contribution in [3.63, 3.8) is 0 Å². The van der Waals surface area contributed by atoms with Crippen molar-refractivity contribution >= 4 is 11.8 Å². The van der Waals surface area contributed by atoms with Gasteiger partial charge in [-0.2, -0.15) is 11.8 Å². The van der Waals surface area contributed by atoms with Crippen molar-refractivity contribution in [2.75, 3.05) is 31.1 Å². The lowest BCUT2D eigenvalue weighted by atomic mass is 9.90. The molecule has 0 amide bonds. The van der Waals surface area contributed by atoms with Gasteiger partial charge in [-0.3, -0.25) is 4.90 Å². The Bertz CT molecular complexity index is 208. The van der Waals surface area contributed by atoms with Crippen molar-refractivity contribution in [3.05, 3.63) is 0 Å². The van der Waals surface area contributed by atoms with Crippen LogP contribution in [0.2, 0.25) is 0 Å². The monoisotopic (exact) mass is 212 g/mol. The Labute approximate surface area is 90.8 Å². The first-order valence-electron chi connectivity index (χ1n) is 5.96. The van der Waals surface area contributed by atoms with Crippen LogP contribution in [-0.2, 0) is 0 Å². The highest BCUT2D eigenvalue weighted by atomic mass is 32.2. The lowest BCUT2D eigenvalue weighted by Gasteiger charge is -2.50. The molecule has 0 bridgehead atoms. The van der Waals surface area contributed by atoms with E-state index in [-0.39, 0.29) is 0 Å². The summed E-state index contributed by atoms with van der Waals surface area (Å²) < 4.78 is 0. The summed E-state index contributed by atoms with van der Waals surface area (Å²) in [5.41, 5.74) is 0.544. The van der Waals surface area contributed by atoms with Gasteiger partial charge in [0.2, 0.25) is 0 Å². The second kappa shape index (κ2) is 3.69. The fourth-order valence-corrected chi connectivity index (χ4v) is 4.73. The van der Waals surface area contributed by atoms with E-state index in [1.807, 2.05) is 0 Å². The summed E-state index contributed by atoms with van der Waals surface area (Å²) in [7, 11) is 0. The number of rotatable bonds is 0. The second-order valence-electron chi connectivity index (χ2n) is 5.00. The Morgan fingerprint density at radius 2 is 2.36 bits per heavy atom. The van der Waals surface area contributed by atoms with E-state index in [2.05, 4.69) is 22.0 Å². The second-order valence-corrected chi connectivity index (χ2v) is 6.11. The van der Waals surface area contributed by atoms with Crippen LogP contribution in [0.5, 0.6) is 0 Å². The molecule has 3 heteroatoms. The Hall–Kier alpha value is 0.270. The average molecular weight is 212 g/mol. The Balaban J connectivity index is 1.81. The lowest BCUT2D eigenvalue weighted by Crippen LogP contribution is -2.65. The van der Waals surface area contributed by atoms with Gasteiger partial charge in [0.25, 0.3) is 0 Å². The van der Waals surface area contributed by atoms with Crippen LogP contribution in [-0.4, -0.2) is 47.6 Å². The molecule has 80 valence electrons. The maximum Gasteiger partial charge on any atom is 0.0427 e. The van der Waals surface area contributed by atoms with E-state index in [1.54, 1.807) is 0 Å². The molecule has 0 aromatic heterocycles. The quantitative estimate of drug-likeness (QED) is 0.652. The van der Waals surface area contributed by atoms with E-state index in [9.17, 15) is 0 Å². The van der Waals surface area contributed by atoms with Gasteiger partial charge in [0.05, 0.1) is 0 Å². The highest BCUT2D eigenvalue weighted by Crippen LogP contribution is 2.38. The predicted octanol–water partition coefficient (Wildman–Crippen LogP) is 1.32. The number of hydrogen-bond acceptors (Lipinski definition) is 3. The van der Waals surface area contributed by atoms with Crippen molar-refractivity contribution < 1.29 is 0 Å². The van der Waals surface area contributed by atoms with Crippen LogP contribution in [0, 0.1) is 0 Å². The molecule has 0 radical (unpaired) electrons. The Kier molecular flexibility index (Phi) is 2.50. The number of fused-ring (bicyclic) bond motifs is 2. The average Bonchev–Trinajstić information content (AvgIpc) is 2.69. The molecule has 3 saturated heterocycles. The molecule has 1 unspecified atom stereocenters. The smallest absolute Gasteiger partial charge is 0.0427 e. The molecule has 0 aliphatic carbocycles. The lowest BCUT2D eigenvalue weighted by molar-refractivity contribution is 0.0507. The molecule has 0 saturated carbocycles. The molecular formula is C11H20N2S. The summed E-state index contributed by atoms with van der Waals surface area (Å²) in [6, 6.07) is 0.863. The molecule has 1 N–H and O–H groups in total. The minimum Gasteiger partial charge on any atom is -0.313 e. The maximum absolute atomic E-state index is 3.66. The third-order valence-corrected chi connectivity index (χ3v) is 5.44. The zero-order valence-electron chi connectivity index (χ0n) is 8.80. The van der Waals surface area contributed by atoms with Crippen molar-refractivity contribution in [3.8, 4) is 0 Å². The van der Waals surface area contributed by atoms with Crippen LogP contribution in [0.1, 0.15) is 25.7 Å². The summed E-state index contributed by atoms with van der Waals surface area (Å²) in [5.74, 6) is 2.76. The van der Waals surface area contributed by atoms with E-state index in [0.29, 0.717) is 5.54 Å². The molecule has 3 heterocycles. The van der Waals surface area contributed by atoms with E-state index in [1.165, 1.54) is 56.8 Å². The summed E-state index contributed by atoms with van der Waals surface area (Å²) in [4.78, 5) is 2.84. The van der Waals surface area contributed by atoms with Gasteiger partial charge in [0.15, 0.2) is 0 Å². The number of nitrogens with zero attached hydrogens (tertiary/aromatic N) is 1. The van der Waals surface area contributed by atoms with Gasteiger partial charge < -0.3 is 5.32 Å². The molecule has 1 spiro atoms. The van der Waals surface area contributed by atoms with Crippen molar-refractivity contribution in [1.29, 1.82) is 0 Å². The first-order valence-corrected chi connectivity index (χ1v) is 7.11. The standard InChI is InChI=1S/C11H20N2S/c1-3-10-7-12-8-11(13(10)5-1)4-2-6-14-9-11/h10,12H,1-9H2/t10-,11?/m1/s1. The van der Waals surface area contributed by atoms with Gasteiger partial charge in [-0.05, 0) is 38.0 Å². The number of hydrogen-bond donors (Lipinski definition) is 1. The highest BCUT2D eigenvalue weighted by Gasteiger charge is 2.45. The molecule has 2 nitrogen and oxygen atoms in total. The number of thioether (sulfide) groups is 1. The first kappa shape index (κ1) is 9.49. The summed E-state index contributed by atoms with van der Waals surface area (Å²) in [6.45, 7) is 3.86. The van der Waals surface area contributed by atoms with E-state index < -0.39 is 0 Å². The number of piperazine rings is 1. The highest BCUT2D eigenvalue weighted by molar-refractivity contribution is 7.99. The van der Waals surface area contributed by atoms with E-state index in [0.717, 1.165) is 6.04 Å². The van der Waals surface area contributed by atoms with Gasteiger partial charge in [-0.15, -0.1) is 0 Å². The SMILES string of the molecule is C1C[C@@H]2CNCC3(CCCSC3)N2C1. The van der Waals surface area contributed by atoms with Crippen LogP contribution < -0.4 is 5.32 Å². The summed E-state index contributed by atoms with van der Waals surface area (Å²) >= 11 is 2.17. The minimum absolute atomic E-state index is 0.544. The van der Waals surface area contributed by atoms with Gasteiger partial charge >= 0.3 is 0 Å². The van der Waals surface area contributed by atoms with Gasteiger partial charge in [0.1, 0.15) is 0 Å². The molecule has 2 atom stereocenters. The van der Waals surface area contributed by atoms with Crippen molar-refractivity contribution in [2.45, 2.75) is 37.3 Å². The van der Waals surface area contributed by atoms with Crippen LogP contribution in [0.15, 0.2) is 0 Å². The topological polar surface area (TPSA) is 15.3 Å². The Morgan fingerprint density at radius 1 is 1.36 bits per heavy atom. The molecule has 3 rings (SSSR count). The minimum atomic E-state index is 0.544. The third kappa shape index (κ3) is 1.41. The third-order valence-electron chi connectivity index (χ3n) is 4.12. The largest absolute Gasteiger partial charge is 0.313 e. The van der Waals surface area contributed by atoms with Crippen LogP contribution in [0.3, 0.4) is 0 Å². The molecule has 3 aliphatic rings. The predicted molar refractivity (Wildman–Crippen MR) is 61.9 cm³/mol. The zero-order chi connectivity index (χ0) is 9.43. The Morgan fingerprint density at radius 3 is 3.21 bits per heavy atom.